The molecule has 1 saturated heterocycles. The van der Waals surface area contributed by atoms with Gasteiger partial charge in [-0.25, -0.2) is 4.39 Å². The van der Waals surface area contributed by atoms with E-state index in [1.807, 2.05) is 4.90 Å². The monoisotopic (exact) mass is 294 g/mol. The number of rotatable bonds is 3. The van der Waals surface area contributed by atoms with Crippen molar-refractivity contribution in [2.24, 2.45) is 0 Å². The highest BCUT2D eigenvalue weighted by Crippen LogP contribution is 2.23. The van der Waals surface area contributed by atoms with Gasteiger partial charge in [-0.05, 0) is 36.6 Å². The van der Waals surface area contributed by atoms with Crippen LogP contribution in [0.5, 0.6) is 11.8 Å². The Balaban J connectivity index is 1.85. The third-order valence-corrected chi connectivity index (χ3v) is 3.14. The standard InChI is InChI=1S/C13H12ClFN4O/c14-11-16-12(19-6-1-2-7-19)18-13(17-11)20-10-5-3-4-9(15)8-10/h3-5,8H,1-2,6-7H2. The maximum atomic E-state index is 13.1. The Morgan fingerprint density at radius 2 is 1.95 bits per heavy atom. The highest BCUT2D eigenvalue weighted by molar-refractivity contribution is 6.28. The molecule has 0 N–H and O–H groups in total. The van der Waals surface area contributed by atoms with Crippen molar-refractivity contribution in [2.45, 2.75) is 12.8 Å². The van der Waals surface area contributed by atoms with E-state index in [0.717, 1.165) is 25.9 Å². The van der Waals surface area contributed by atoms with Gasteiger partial charge in [0.25, 0.3) is 0 Å². The molecule has 2 aromatic rings. The fourth-order valence-electron chi connectivity index (χ4n) is 2.06. The summed E-state index contributed by atoms with van der Waals surface area (Å²) >= 11 is 5.88. The first-order valence-electron chi connectivity index (χ1n) is 6.31. The lowest BCUT2D eigenvalue weighted by Crippen LogP contribution is -2.21. The molecule has 0 aliphatic carbocycles. The van der Waals surface area contributed by atoms with Gasteiger partial charge in [0.15, 0.2) is 0 Å². The SMILES string of the molecule is Fc1cccc(Oc2nc(Cl)nc(N3CCCC3)n2)c1. The molecule has 0 bridgehead atoms. The summed E-state index contributed by atoms with van der Waals surface area (Å²) in [5.41, 5.74) is 0. The van der Waals surface area contributed by atoms with Crippen LogP contribution in [0.2, 0.25) is 5.28 Å². The van der Waals surface area contributed by atoms with E-state index >= 15 is 0 Å². The zero-order chi connectivity index (χ0) is 13.9. The molecule has 1 aromatic carbocycles. The molecule has 3 rings (SSSR count). The van der Waals surface area contributed by atoms with Crippen LogP contribution >= 0.6 is 11.6 Å². The van der Waals surface area contributed by atoms with Crippen molar-refractivity contribution < 1.29 is 9.13 Å². The normalized spacial score (nSPS) is 14.6. The van der Waals surface area contributed by atoms with Crippen LogP contribution in [-0.4, -0.2) is 28.0 Å². The van der Waals surface area contributed by atoms with Crippen LogP contribution in [0.15, 0.2) is 24.3 Å². The molecule has 0 atom stereocenters. The third-order valence-electron chi connectivity index (χ3n) is 2.97. The van der Waals surface area contributed by atoms with E-state index in [1.54, 1.807) is 12.1 Å². The number of ether oxygens (including phenoxy) is 1. The maximum Gasteiger partial charge on any atom is 0.328 e. The van der Waals surface area contributed by atoms with Gasteiger partial charge in [0.05, 0.1) is 0 Å². The molecule has 0 spiro atoms. The first-order valence-corrected chi connectivity index (χ1v) is 6.68. The maximum absolute atomic E-state index is 13.1. The second-order valence-electron chi connectivity index (χ2n) is 4.44. The topological polar surface area (TPSA) is 51.1 Å². The lowest BCUT2D eigenvalue weighted by atomic mass is 10.3. The van der Waals surface area contributed by atoms with Gasteiger partial charge >= 0.3 is 6.01 Å². The van der Waals surface area contributed by atoms with E-state index < -0.39 is 0 Å². The number of benzene rings is 1. The predicted octanol–water partition coefficient (Wildman–Crippen LogP) is 3.06. The van der Waals surface area contributed by atoms with E-state index in [0.29, 0.717) is 11.7 Å². The number of aromatic nitrogens is 3. The van der Waals surface area contributed by atoms with Crippen LogP contribution in [0.3, 0.4) is 0 Å². The molecule has 0 unspecified atom stereocenters. The molecular weight excluding hydrogens is 283 g/mol. The summed E-state index contributed by atoms with van der Waals surface area (Å²) in [5, 5.41) is 0.0632. The van der Waals surface area contributed by atoms with E-state index in [4.69, 9.17) is 16.3 Å². The van der Waals surface area contributed by atoms with Crippen LogP contribution in [0.4, 0.5) is 10.3 Å². The summed E-state index contributed by atoms with van der Waals surface area (Å²) in [6.07, 6.45) is 2.20. The lowest BCUT2D eigenvalue weighted by molar-refractivity contribution is 0.435. The summed E-state index contributed by atoms with van der Waals surface area (Å²) in [7, 11) is 0. The quantitative estimate of drug-likeness (QED) is 0.871. The molecule has 20 heavy (non-hydrogen) atoms. The Labute approximate surface area is 120 Å². The molecular formula is C13H12ClFN4O. The van der Waals surface area contributed by atoms with Gasteiger partial charge in [-0.3, -0.25) is 0 Å². The van der Waals surface area contributed by atoms with Gasteiger partial charge in [-0.1, -0.05) is 6.07 Å². The summed E-state index contributed by atoms with van der Waals surface area (Å²) in [5.74, 6) is 0.427. The van der Waals surface area contributed by atoms with Crippen molar-refractivity contribution in [3.8, 4) is 11.8 Å². The zero-order valence-corrected chi connectivity index (χ0v) is 11.3. The van der Waals surface area contributed by atoms with Gasteiger partial charge in [-0.2, -0.15) is 15.0 Å². The minimum Gasteiger partial charge on any atom is -0.424 e. The minimum absolute atomic E-state index is 0.0632. The first kappa shape index (κ1) is 13.1. The van der Waals surface area contributed by atoms with Crippen LogP contribution in [0, 0.1) is 5.82 Å². The molecule has 1 fully saturated rings. The molecule has 0 amide bonds. The summed E-state index contributed by atoms with van der Waals surface area (Å²) < 4.78 is 18.5. The van der Waals surface area contributed by atoms with Crippen LogP contribution in [-0.2, 0) is 0 Å². The molecule has 1 aliphatic heterocycles. The van der Waals surface area contributed by atoms with Gasteiger partial charge in [0.2, 0.25) is 11.2 Å². The van der Waals surface area contributed by atoms with E-state index in [1.165, 1.54) is 12.1 Å². The van der Waals surface area contributed by atoms with Crippen molar-refractivity contribution in [1.82, 2.24) is 15.0 Å². The van der Waals surface area contributed by atoms with Gasteiger partial charge in [0.1, 0.15) is 11.6 Å². The summed E-state index contributed by atoms with van der Waals surface area (Å²) in [6.45, 7) is 1.78. The number of hydrogen-bond acceptors (Lipinski definition) is 5. The molecule has 7 heteroatoms. The third kappa shape index (κ3) is 2.96. The Bertz CT molecular complexity index is 619. The molecule has 1 aliphatic rings. The fraction of sp³-hybridized carbons (Fsp3) is 0.308. The lowest BCUT2D eigenvalue weighted by Gasteiger charge is -2.15. The van der Waals surface area contributed by atoms with Crippen molar-refractivity contribution in [2.75, 3.05) is 18.0 Å². The fourth-order valence-corrected chi connectivity index (χ4v) is 2.21. The average molecular weight is 295 g/mol. The van der Waals surface area contributed by atoms with E-state index in [-0.39, 0.29) is 17.1 Å². The Kier molecular flexibility index (Phi) is 3.64. The van der Waals surface area contributed by atoms with E-state index in [2.05, 4.69) is 15.0 Å². The zero-order valence-electron chi connectivity index (χ0n) is 10.6. The highest BCUT2D eigenvalue weighted by Gasteiger charge is 2.17. The number of halogens is 2. The Hall–Kier alpha value is -1.95. The molecule has 0 saturated carbocycles. The largest absolute Gasteiger partial charge is 0.424 e. The van der Waals surface area contributed by atoms with Crippen molar-refractivity contribution in [3.63, 3.8) is 0 Å². The molecule has 104 valence electrons. The van der Waals surface area contributed by atoms with Crippen LogP contribution in [0.1, 0.15) is 12.8 Å². The Morgan fingerprint density at radius 3 is 2.70 bits per heavy atom. The first-order chi connectivity index (χ1) is 9.70. The van der Waals surface area contributed by atoms with Crippen molar-refractivity contribution in [1.29, 1.82) is 0 Å². The van der Waals surface area contributed by atoms with Crippen molar-refractivity contribution in [3.05, 3.63) is 35.4 Å². The van der Waals surface area contributed by atoms with Crippen LogP contribution < -0.4 is 9.64 Å². The summed E-state index contributed by atoms with van der Waals surface area (Å²) in [6, 6.07) is 5.83. The molecule has 0 radical (unpaired) electrons. The second kappa shape index (κ2) is 5.58. The minimum atomic E-state index is -0.387. The van der Waals surface area contributed by atoms with Gasteiger partial charge in [-0.15, -0.1) is 0 Å². The summed E-state index contributed by atoms with van der Waals surface area (Å²) in [4.78, 5) is 14.2. The number of hydrogen-bond donors (Lipinski definition) is 0. The number of nitrogens with zero attached hydrogens (tertiary/aromatic N) is 4. The van der Waals surface area contributed by atoms with E-state index in [9.17, 15) is 4.39 Å². The van der Waals surface area contributed by atoms with Gasteiger partial charge < -0.3 is 9.64 Å². The van der Waals surface area contributed by atoms with Crippen molar-refractivity contribution >= 4 is 17.5 Å². The Morgan fingerprint density at radius 1 is 1.15 bits per heavy atom. The molecule has 2 heterocycles. The predicted molar refractivity (Wildman–Crippen MR) is 72.8 cm³/mol. The smallest absolute Gasteiger partial charge is 0.328 e. The highest BCUT2D eigenvalue weighted by atomic mass is 35.5. The van der Waals surface area contributed by atoms with Gasteiger partial charge in [0, 0.05) is 19.2 Å². The molecule has 5 nitrogen and oxygen atoms in total. The second-order valence-corrected chi connectivity index (χ2v) is 4.78. The van der Waals surface area contributed by atoms with Crippen LogP contribution in [0.25, 0.3) is 0 Å². The average Bonchev–Trinajstić information content (AvgIpc) is 2.91. The molecule has 1 aromatic heterocycles. The number of anilines is 1.